The summed E-state index contributed by atoms with van der Waals surface area (Å²) in [5.74, 6) is -0.946. The Morgan fingerprint density at radius 1 is 1.35 bits per heavy atom. The van der Waals surface area contributed by atoms with Crippen molar-refractivity contribution in [2.75, 3.05) is 0 Å². The van der Waals surface area contributed by atoms with Gasteiger partial charge in [0.1, 0.15) is 12.4 Å². The molecule has 2 rings (SSSR count). The van der Waals surface area contributed by atoms with Crippen LogP contribution < -0.4 is 4.74 Å². The third kappa shape index (κ3) is 4.94. The van der Waals surface area contributed by atoms with Crippen LogP contribution in [0.1, 0.15) is 30.9 Å². The first-order chi connectivity index (χ1) is 10.8. The molecule has 3 atom stereocenters. The fraction of sp³-hybridized carbons (Fsp3) is 0.500. The number of hydrogen-bond donors (Lipinski definition) is 2. The van der Waals surface area contributed by atoms with Gasteiger partial charge < -0.3 is 24.4 Å². The summed E-state index contributed by atoms with van der Waals surface area (Å²) in [4.78, 5) is 21.8. The number of aliphatic hydroxyl groups excluding tert-OH is 1. The molecule has 0 aromatic heterocycles. The first kappa shape index (κ1) is 17.2. The van der Waals surface area contributed by atoms with Crippen LogP contribution in [0.5, 0.6) is 5.75 Å². The highest BCUT2D eigenvalue weighted by Crippen LogP contribution is 2.26. The molecule has 2 N–H and O–H groups in total. The van der Waals surface area contributed by atoms with Gasteiger partial charge in [0.25, 0.3) is 0 Å². The lowest BCUT2D eigenvalue weighted by Crippen LogP contribution is -2.42. The summed E-state index contributed by atoms with van der Waals surface area (Å²) in [6, 6.07) is 5.26. The van der Waals surface area contributed by atoms with E-state index in [1.54, 1.807) is 12.1 Å². The number of benzene rings is 1. The van der Waals surface area contributed by atoms with Crippen LogP contribution in [0.2, 0.25) is 0 Å². The molecule has 1 aromatic rings. The maximum atomic E-state index is 11.0. The Hall–Kier alpha value is -2.12. The highest BCUT2D eigenvalue weighted by molar-refractivity contribution is 5.72. The standard InChI is InChI=1S/C16H20O7/c1-9-5-11(8-21-10(2)17)3-4-13(9)22-15-7-12(18)6-14(23-15)16(19)20/h3-5,12,14-15,18H,6-8H2,1-2H3,(H,19,20). The molecule has 1 saturated heterocycles. The number of aliphatic carboxylic acids is 1. The number of hydrogen-bond acceptors (Lipinski definition) is 6. The van der Waals surface area contributed by atoms with E-state index < -0.39 is 24.5 Å². The van der Waals surface area contributed by atoms with E-state index >= 15 is 0 Å². The van der Waals surface area contributed by atoms with E-state index in [4.69, 9.17) is 19.3 Å². The molecular formula is C16H20O7. The minimum Gasteiger partial charge on any atom is -0.479 e. The summed E-state index contributed by atoms with van der Waals surface area (Å²) >= 11 is 0. The lowest BCUT2D eigenvalue weighted by Gasteiger charge is -2.31. The summed E-state index contributed by atoms with van der Waals surface area (Å²) in [5, 5.41) is 18.7. The Morgan fingerprint density at radius 2 is 2.09 bits per heavy atom. The predicted octanol–water partition coefficient (Wildman–Crippen LogP) is 1.39. The van der Waals surface area contributed by atoms with Gasteiger partial charge in [-0.05, 0) is 30.2 Å². The number of aliphatic hydroxyl groups is 1. The molecule has 0 bridgehead atoms. The zero-order valence-electron chi connectivity index (χ0n) is 13.0. The number of carboxylic acid groups (broad SMARTS) is 1. The Balaban J connectivity index is 2.01. The molecule has 1 aliphatic rings. The molecule has 126 valence electrons. The molecule has 7 heteroatoms. The quantitative estimate of drug-likeness (QED) is 0.789. The van der Waals surface area contributed by atoms with Crippen molar-refractivity contribution < 1.29 is 34.0 Å². The molecule has 0 amide bonds. The molecule has 0 aliphatic carbocycles. The van der Waals surface area contributed by atoms with Crippen LogP contribution in [0.4, 0.5) is 0 Å². The molecular weight excluding hydrogens is 304 g/mol. The zero-order valence-corrected chi connectivity index (χ0v) is 13.0. The normalized spacial score (nSPS) is 24.0. The van der Waals surface area contributed by atoms with Gasteiger partial charge in [-0.25, -0.2) is 4.79 Å². The summed E-state index contributed by atoms with van der Waals surface area (Å²) in [5.41, 5.74) is 1.61. The molecule has 3 unspecified atom stereocenters. The minimum atomic E-state index is -1.12. The van der Waals surface area contributed by atoms with Gasteiger partial charge in [0.05, 0.1) is 6.10 Å². The second-order valence-electron chi connectivity index (χ2n) is 5.52. The van der Waals surface area contributed by atoms with Crippen LogP contribution in [0, 0.1) is 6.92 Å². The summed E-state index contributed by atoms with van der Waals surface area (Å²) in [6.45, 7) is 3.34. The molecule has 23 heavy (non-hydrogen) atoms. The average Bonchev–Trinajstić information content (AvgIpc) is 2.47. The van der Waals surface area contributed by atoms with Gasteiger partial charge in [-0.1, -0.05) is 6.07 Å². The van der Waals surface area contributed by atoms with Crippen molar-refractivity contribution in [3.63, 3.8) is 0 Å². The lowest BCUT2D eigenvalue weighted by molar-refractivity contribution is -0.195. The van der Waals surface area contributed by atoms with Gasteiger partial charge in [0, 0.05) is 19.8 Å². The van der Waals surface area contributed by atoms with Crippen LogP contribution in [-0.4, -0.2) is 40.6 Å². The van der Waals surface area contributed by atoms with Crippen LogP contribution in [0.3, 0.4) is 0 Å². The third-order valence-electron chi connectivity index (χ3n) is 3.48. The zero-order chi connectivity index (χ0) is 17.0. The minimum absolute atomic E-state index is 0.0511. The van der Waals surface area contributed by atoms with Crippen molar-refractivity contribution in [3.05, 3.63) is 29.3 Å². The lowest BCUT2D eigenvalue weighted by atomic mass is 10.1. The van der Waals surface area contributed by atoms with E-state index in [9.17, 15) is 14.7 Å². The molecule has 0 saturated carbocycles. The maximum Gasteiger partial charge on any atom is 0.333 e. The summed E-state index contributed by atoms with van der Waals surface area (Å²) in [7, 11) is 0. The highest BCUT2D eigenvalue weighted by Gasteiger charge is 2.34. The van der Waals surface area contributed by atoms with Gasteiger partial charge in [0.15, 0.2) is 6.10 Å². The Labute approximate surface area is 133 Å². The summed E-state index contributed by atoms with van der Waals surface area (Å²) in [6.07, 6.45) is -2.42. The second-order valence-corrected chi connectivity index (χ2v) is 5.52. The van der Waals surface area contributed by atoms with Crippen molar-refractivity contribution >= 4 is 11.9 Å². The monoisotopic (exact) mass is 324 g/mol. The summed E-state index contributed by atoms with van der Waals surface area (Å²) < 4.78 is 15.9. The van der Waals surface area contributed by atoms with E-state index in [-0.39, 0.29) is 25.4 Å². The van der Waals surface area contributed by atoms with E-state index in [1.165, 1.54) is 6.92 Å². The SMILES string of the molecule is CC(=O)OCc1ccc(OC2CC(O)CC(C(=O)O)O2)c(C)c1. The fourth-order valence-electron chi connectivity index (χ4n) is 2.35. The number of ether oxygens (including phenoxy) is 3. The van der Waals surface area contributed by atoms with E-state index in [2.05, 4.69) is 0 Å². The van der Waals surface area contributed by atoms with Gasteiger partial charge in [-0.3, -0.25) is 4.79 Å². The molecule has 0 spiro atoms. The number of carbonyl (C=O) groups excluding carboxylic acids is 1. The molecule has 0 radical (unpaired) electrons. The number of carboxylic acids is 1. The van der Waals surface area contributed by atoms with Crippen LogP contribution in [0.15, 0.2) is 18.2 Å². The maximum absolute atomic E-state index is 11.0. The van der Waals surface area contributed by atoms with Crippen molar-refractivity contribution in [2.24, 2.45) is 0 Å². The molecule has 1 heterocycles. The molecule has 1 fully saturated rings. The van der Waals surface area contributed by atoms with Gasteiger partial charge >= 0.3 is 11.9 Å². The Morgan fingerprint density at radius 3 is 2.70 bits per heavy atom. The molecule has 7 nitrogen and oxygen atoms in total. The predicted molar refractivity (Wildman–Crippen MR) is 78.8 cm³/mol. The van der Waals surface area contributed by atoms with Crippen LogP contribution in [-0.2, 0) is 25.7 Å². The number of rotatable bonds is 5. The van der Waals surface area contributed by atoms with Gasteiger partial charge in [0.2, 0.25) is 6.29 Å². The smallest absolute Gasteiger partial charge is 0.333 e. The largest absolute Gasteiger partial charge is 0.479 e. The van der Waals surface area contributed by atoms with Gasteiger partial charge in [-0.15, -0.1) is 0 Å². The molecule has 1 aliphatic heterocycles. The van der Waals surface area contributed by atoms with Crippen LogP contribution >= 0.6 is 0 Å². The Bertz CT molecular complexity index is 584. The number of esters is 1. The van der Waals surface area contributed by atoms with Crippen molar-refractivity contribution in [1.82, 2.24) is 0 Å². The molecule has 1 aromatic carbocycles. The van der Waals surface area contributed by atoms with Crippen molar-refractivity contribution in [3.8, 4) is 5.75 Å². The van der Waals surface area contributed by atoms with Gasteiger partial charge in [-0.2, -0.15) is 0 Å². The van der Waals surface area contributed by atoms with Crippen molar-refractivity contribution in [1.29, 1.82) is 0 Å². The number of aryl methyl sites for hydroxylation is 1. The first-order valence-corrected chi connectivity index (χ1v) is 7.31. The van der Waals surface area contributed by atoms with E-state index in [0.29, 0.717) is 5.75 Å². The number of carbonyl (C=O) groups is 2. The van der Waals surface area contributed by atoms with E-state index in [0.717, 1.165) is 11.1 Å². The van der Waals surface area contributed by atoms with E-state index in [1.807, 2.05) is 13.0 Å². The topological polar surface area (TPSA) is 102 Å². The average molecular weight is 324 g/mol. The highest BCUT2D eigenvalue weighted by atomic mass is 16.7. The van der Waals surface area contributed by atoms with Crippen molar-refractivity contribution in [2.45, 2.75) is 51.8 Å². The first-order valence-electron chi connectivity index (χ1n) is 7.31. The Kier molecular flexibility index (Phi) is 5.57. The third-order valence-corrected chi connectivity index (χ3v) is 3.48. The van der Waals surface area contributed by atoms with Crippen LogP contribution in [0.25, 0.3) is 0 Å². The second kappa shape index (κ2) is 7.43. The fourth-order valence-corrected chi connectivity index (χ4v) is 2.35.